The van der Waals surface area contributed by atoms with E-state index in [4.69, 9.17) is 5.11 Å². The zero-order chi connectivity index (χ0) is 13.7. The molecule has 0 spiro atoms. The SMILES string of the molecule is CC(C)(O)CCCBr.CCOC(=O)CCCBr. The smallest absolute Gasteiger partial charge is 0.305 e. The van der Waals surface area contributed by atoms with E-state index in [0.717, 1.165) is 29.9 Å². The second-order valence-electron chi connectivity index (χ2n) is 4.20. The number of hydrogen-bond donors (Lipinski definition) is 1. The first-order chi connectivity index (χ1) is 7.87. The molecule has 17 heavy (non-hydrogen) atoms. The van der Waals surface area contributed by atoms with Crippen LogP contribution < -0.4 is 0 Å². The zero-order valence-corrected chi connectivity index (χ0v) is 14.1. The van der Waals surface area contributed by atoms with Crippen LogP contribution in [-0.4, -0.2) is 33.9 Å². The molecule has 0 atom stereocenters. The Hall–Kier alpha value is 0.390. The number of esters is 1. The number of rotatable bonds is 7. The summed E-state index contributed by atoms with van der Waals surface area (Å²) in [4.78, 5) is 10.6. The van der Waals surface area contributed by atoms with Crippen molar-refractivity contribution in [1.29, 1.82) is 0 Å². The first-order valence-corrected chi connectivity index (χ1v) is 8.11. The highest BCUT2D eigenvalue weighted by molar-refractivity contribution is 9.09. The molecule has 0 aromatic heterocycles. The molecule has 0 fully saturated rings. The van der Waals surface area contributed by atoms with Crippen molar-refractivity contribution in [2.24, 2.45) is 0 Å². The maximum absolute atomic E-state index is 10.6. The Morgan fingerprint density at radius 1 is 1.24 bits per heavy atom. The number of alkyl halides is 2. The first-order valence-electron chi connectivity index (χ1n) is 5.87. The molecule has 104 valence electrons. The number of carbonyl (C=O) groups excluding carboxylic acids is 1. The van der Waals surface area contributed by atoms with Crippen molar-refractivity contribution in [3.8, 4) is 0 Å². The molecule has 0 unspecified atom stereocenters. The minimum atomic E-state index is -0.478. The molecular weight excluding hydrogens is 352 g/mol. The van der Waals surface area contributed by atoms with Crippen molar-refractivity contribution >= 4 is 37.8 Å². The van der Waals surface area contributed by atoms with E-state index >= 15 is 0 Å². The Balaban J connectivity index is 0. The van der Waals surface area contributed by atoms with Crippen molar-refractivity contribution in [2.45, 2.75) is 52.1 Å². The number of halogens is 2. The highest BCUT2D eigenvalue weighted by Gasteiger charge is 2.09. The summed E-state index contributed by atoms with van der Waals surface area (Å²) in [6, 6.07) is 0. The molecule has 0 aliphatic rings. The van der Waals surface area contributed by atoms with E-state index in [-0.39, 0.29) is 5.97 Å². The number of carbonyl (C=O) groups is 1. The van der Waals surface area contributed by atoms with Crippen LogP contribution in [0.25, 0.3) is 0 Å². The van der Waals surface area contributed by atoms with Gasteiger partial charge in [0.15, 0.2) is 0 Å². The van der Waals surface area contributed by atoms with E-state index in [9.17, 15) is 4.79 Å². The Morgan fingerprint density at radius 2 is 1.76 bits per heavy atom. The van der Waals surface area contributed by atoms with E-state index < -0.39 is 5.60 Å². The summed E-state index contributed by atoms with van der Waals surface area (Å²) < 4.78 is 4.68. The average molecular weight is 376 g/mol. The Kier molecular flexibility index (Phi) is 14.9. The summed E-state index contributed by atoms with van der Waals surface area (Å²) >= 11 is 6.51. The fourth-order valence-electron chi connectivity index (χ4n) is 0.944. The minimum Gasteiger partial charge on any atom is -0.466 e. The summed E-state index contributed by atoms with van der Waals surface area (Å²) in [5.41, 5.74) is -0.478. The molecule has 0 aliphatic carbocycles. The summed E-state index contributed by atoms with van der Waals surface area (Å²) in [6.45, 7) is 5.96. The lowest BCUT2D eigenvalue weighted by Gasteiger charge is -2.14. The lowest BCUT2D eigenvalue weighted by atomic mass is 10.0. The molecular formula is C12H24Br2O3. The number of hydrogen-bond acceptors (Lipinski definition) is 3. The van der Waals surface area contributed by atoms with Crippen molar-refractivity contribution in [2.75, 3.05) is 17.3 Å². The van der Waals surface area contributed by atoms with Gasteiger partial charge in [-0.1, -0.05) is 31.9 Å². The van der Waals surface area contributed by atoms with Gasteiger partial charge in [0, 0.05) is 17.1 Å². The van der Waals surface area contributed by atoms with Crippen LogP contribution in [0.4, 0.5) is 0 Å². The van der Waals surface area contributed by atoms with Gasteiger partial charge in [-0.15, -0.1) is 0 Å². The first kappa shape index (κ1) is 19.7. The maximum Gasteiger partial charge on any atom is 0.305 e. The topological polar surface area (TPSA) is 46.5 Å². The summed E-state index contributed by atoms with van der Waals surface area (Å²) in [7, 11) is 0. The van der Waals surface area contributed by atoms with Crippen molar-refractivity contribution < 1.29 is 14.6 Å². The molecule has 0 rings (SSSR count). The molecule has 5 heteroatoms. The fraction of sp³-hybridized carbons (Fsp3) is 0.917. The maximum atomic E-state index is 10.6. The summed E-state index contributed by atoms with van der Waals surface area (Å²) in [5, 5.41) is 11.0. The third kappa shape index (κ3) is 22.1. The lowest BCUT2D eigenvalue weighted by Crippen LogP contribution is -2.17. The van der Waals surface area contributed by atoms with Crippen LogP contribution in [0.1, 0.15) is 46.5 Å². The molecule has 0 radical (unpaired) electrons. The molecule has 1 N–H and O–H groups in total. The van der Waals surface area contributed by atoms with Gasteiger partial charge in [-0.05, 0) is 40.0 Å². The monoisotopic (exact) mass is 374 g/mol. The molecule has 3 nitrogen and oxygen atoms in total. The Bertz CT molecular complexity index is 179. The van der Waals surface area contributed by atoms with Crippen molar-refractivity contribution in [3.63, 3.8) is 0 Å². The second-order valence-corrected chi connectivity index (χ2v) is 5.79. The van der Waals surface area contributed by atoms with Crippen LogP contribution in [0.15, 0.2) is 0 Å². The minimum absolute atomic E-state index is 0.100. The molecule has 0 bridgehead atoms. The number of ether oxygens (including phenoxy) is 1. The molecule has 0 heterocycles. The Labute approximate surface area is 122 Å². The third-order valence-electron chi connectivity index (χ3n) is 1.74. The van der Waals surface area contributed by atoms with Gasteiger partial charge in [0.25, 0.3) is 0 Å². The van der Waals surface area contributed by atoms with Gasteiger partial charge in [0.2, 0.25) is 0 Å². The molecule has 0 aromatic rings. The fourth-order valence-corrected chi connectivity index (χ4v) is 1.50. The molecule has 0 amide bonds. The van der Waals surface area contributed by atoms with Crippen LogP contribution >= 0.6 is 31.9 Å². The van der Waals surface area contributed by atoms with Gasteiger partial charge < -0.3 is 9.84 Å². The van der Waals surface area contributed by atoms with Gasteiger partial charge in [0.1, 0.15) is 0 Å². The van der Waals surface area contributed by atoms with Gasteiger partial charge in [-0.25, -0.2) is 0 Å². The van der Waals surface area contributed by atoms with Gasteiger partial charge in [-0.2, -0.15) is 0 Å². The standard InChI is InChI=1S/C6H11BrO2.C6H13BrO/c1-2-9-6(8)4-3-5-7;1-6(2,8)4-3-5-7/h2-5H2,1H3;8H,3-5H2,1-2H3. The van der Waals surface area contributed by atoms with Crippen LogP contribution in [-0.2, 0) is 9.53 Å². The highest BCUT2D eigenvalue weighted by atomic mass is 79.9. The third-order valence-corrected chi connectivity index (χ3v) is 2.86. The van der Waals surface area contributed by atoms with Crippen LogP contribution in [0.2, 0.25) is 0 Å². The van der Waals surface area contributed by atoms with Crippen molar-refractivity contribution in [1.82, 2.24) is 0 Å². The van der Waals surface area contributed by atoms with E-state index in [1.54, 1.807) is 0 Å². The van der Waals surface area contributed by atoms with Gasteiger partial charge in [0.05, 0.1) is 12.2 Å². The molecule has 0 saturated carbocycles. The molecule has 0 aliphatic heterocycles. The summed E-state index contributed by atoms with van der Waals surface area (Å²) in [5.74, 6) is -0.100. The average Bonchev–Trinajstić information content (AvgIpc) is 2.24. The van der Waals surface area contributed by atoms with E-state index in [2.05, 4.69) is 36.6 Å². The van der Waals surface area contributed by atoms with Crippen LogP contribution in [0, 0.1) is 0 Å². The largest absolute Gasteiger partial charge is 0.466 e. The van der Waals surface area contributed by atoms with Crippen LogP contribution in [0.3, 0.4) is 0 Å². The Morgan fingerprint density at radius 3 is 2.06 bits per heavy atom. The van der Waals surface area contributed by atoms with Gasteiger partial charge in [-0.3, -0.25) is 4.79 Å². The lowest BCUT2D eigenvalue weighted by molar-refractivity contribution is -0.143. The highest BCUT2D eigenvalue weighted by Crippen LogP contribution is 2.10. The number of aliphatic hydroxyl groups is 1. The predicted octanol–water partition coefficient (Wildman–Crippen LogP) is 3.66. The van der Waals surface area contributed by atoms with Crippen LogP contribution in [0.5, 0.6) is 0 Å². The van der Waals surface area contributed by atoms with E-state index in [1.807, 2.05) is 20.8 Å². The zero-order valence-electron chi connectivity index (χ0n) is 11.0. The van der Waals surface area contributed by atoms with Crippen molar-refractivity contribution in [3.05, 3.63) is 0 Å². The van der Waals surface area contributed by atoms with E-state index in [0.29, 0.717) is 13.0 Å². The van der Waals surface area contributed by atoms with Gasteiger partial charge >= 0.3 is 5.97 Å². The summed E-state index contributed by atoms with van der Waals surface area (Å²) in [6.07, 6.45) is 3.31. The molecule has 0 aromatic carbocycles. The van der Waals surface area contributed by atoms with E-state index in [1.165, 1.54) is 0 Å². The normalized spacial score (nSPS) is 10.5. The second kappa shape index (κ2) is 12.8. The predicted molar refractivity (Wildman–Crippen MR) is 79.0 cm³/mol. The quantitative estimate of drug-likeness (QED) is 0.545. The molecule has 0 saturated heterocycles.